The molecule has 3 rings (SSSR count). The van der Waals surface area contributed by atoms with Crippen molar-refractivity contribution in [3.8, 4) is 29.0 Å². The number of nitrogens with two attached hydrogens (primary N) is 1. The maximum absolute atomic E-state index is 12.4. The summed E-state index contributed by atoms with van der Waals surface area (Å²) < 4.78 is 0. The fourth-order valence-corrected chi connectivity index (χ4v) is 3.46. The number of aliphatic hydroxyl groups is 1. The van der Waals surface area contributed by atoms with Gasteiger partial charge in [0.25, 0.3) is 0 Å². The molecule has 1 aliphatic rings. The Morgan fingerprint density at radius 3 is 2.75 bits per heavy atom. The summed E-state index contributed by atoms with van der Waals surface area (Å²) in [6.45, 7) is 2.83. The SMILES string of the molecule is CCCC(=O)N1CCc2nc(N)c(C#N)c(-c3ccc(C#CCO)cc3)c2C1. The van der Waals surface area contributed by atoms with Gasteiger partial charge in [-0.1, -0.05) is 30.9 Å². The van der Waals surface area contributed by atoms with E-state index in [0.717, 1.165) is 34.4 Å². The third-order valence-corrected chi connectivity index (χ3v) is 4.79. The number of aromatic nitrogens is 1. The summed E-state index contributed by atoms with van der Waals surface area (Å²) in [7, 11) is 0. The van der Waals surface area contributed by atoms with Crippen LogP contribution in [0, 0.1) is 23.2 Å². The number of nitrogens with zero attached hydrogens (tertiary/aromatic N) is 3. The van der Waals surface area contributed by atoms with E-state index in [1.165, 1.54) is 0 Å². The van der Waals surface area contributed by atoms with E-state index in [9.17, 15) is 10.1 Å². The molecular weight excluding hydrogens is 352 g/mol. The minimum absolute atomic E-state index is 0.115. The highest BCUT2D eigenvalue weighted by Crippen LogP contribution is 2.35. The largest absolute Gasteiger partial charge is 0.384 e. The molecule has 142 valence electrons. The summed E-state index contributed by atoms with van der Waals surface area (Å²) in [6, 6.07) is 9.61. The minimum Gasteiger partial charge on any atom is -0.384 e. The number of anilines is 1. The average molecular weight is 374 g/mol. The van der Waals surface area contributed by atoms with Crippen molar-refractivity contribution in [1.29, 1.82) is 5.26 Å². The fourth-order valence-electron chi connectivity index (χ4n) is 3.46. The van der Waals surface area contributed by atoms with E-state index in [1.807, 2.05) is 36.1 Å². The molecule has 1 aromatic heterocycles. The topological polar surface area (TPSA) is 103 Å². The summed E-state index contributed by atoms with van der Waals surface area (Å²) in [5.74, 6) is 5.80. The highest BCUT2D eigenvalue weighted by molar-refractivity contribution is 5.81. The van der Waals surface area contributed by atoms with Crippen molar-refractivity contribution in [2.45, 2.75) is 32.7 Å². The molecule has 0 saturated carbocycles. The molecule has 28 heavy (non-hydrogen) atoms. The van der Waals surface area contributed by atoms with Gasteiger partial charge in [0.2, 0.25) is 5.91 Å². The van der Waals surface area contributed by atoms with Crippen LogP contribution >= 0.6 is 0 Å². The zero-order valence-electron chi connectivity index (χ0n) is 15.8. The van der Waals surface area contributed by atoms with Crippen LogP contribution in [0.4, 0.5) is 5.82 Å². The fraction of sp³-hybridized carbons (Fsp3) is 0.318. The Morgan fingerprint density at radius 2 is 2.11 bits per heavy atom. The Balaban J connectivity index is 2.09. The molecule has 0 unspecified atom stereocenters. The molecule has 2 aromatic rings. The van der Waals surface area contributed by atoms with Gasteiger partial charge in [0.05, 0.1) is 5.69 Å². The van der Waals surface area contributed by atoms with E-state index in [1.54, 1.807) is 0 Å². The monoisotopic (exact) mass is 374 g/mol. The van der Waals surface area contributed by atoms with Gasteiger partial charge in [0.15, 0.2) is 0 Å². The standard InChI is InChI=1S/C22H22N4O2/c1-2-4-20(28)26-11-10-19-18(14-26)21(17(13-23)22(24)25-19)16-8-6-15(7-9-16)5-3-12-27/h6-9,27H,2,4,10-12,14H2,1H3,(H2,24,25). The van der Waals surface area contributed by atoms with Gasteiger partial charge in [-0.3, -0.25) is 4.79 Å². The van der Waals surface area contributed by atoms with Gasteiger partial charge < -0.3 is 15.7 Å². The number of carbonyl (C=O) groups is 1. The van der Waals surface area contributed by atoms with Gasteiger partial charge >= 0.3 is 0 Å². The smallest absolute Gasteiger partial charge is 0.222 e. The maximum Gasteiger partial charge on any atom is 0.222 e. The van der Waals surface area contributed by atoms with Crippen molar-refractivity contribution in [1.82, 2.24) is 9.88 Å². The van der Waals surface area contributed by atoms with Crippen molar-refractivity contribution in [2.75, 3.05) is 18.9 Å². The van der Waals surface area contributed by atoms with E-state index in [2.05, 4.69) is 22.9 Å². The highest BCUT2D eigenvalue weighted by Gasteiger charge is 2.27. The number of carbonyl (C=O) groups excluding carboxylic acids is 1. The molecule has 1 aliphatic heterocycles. The first-order valence-electron chi connectivity index (χ1n) is 9.28. The van der Waals surface area contributed by atoms with Gasteiger partial charge in [-0.15, -0.1) is 0 Å². The molecule has 6 nitrogen and oxygen atoms in total. The number of hydrogen-bond donors (Lipinski definition) is 2. The van der Waals surface area contributed by atoms with Crippen LogP contribution in [0.1, 0.15) is 42.1 Å². The lowest BCUT2D eigenvalue weighted by atomic mass is 9.90. The van der Waals surface area contributed by atoms with Crippen molar-refractivity contribution in [2.24, 2.45) is 0 Å². The number of rotatable bonds is 3. The van der Waals surface area contributed by atoms with Crippen LogP contribution < -0.4 is 5.73 Å². The first-order valence-corrected chi connectivity index (χ1v) is 9.28. The van der Waals surface area contributed by atoms with Gasteiger partial charge in [0.1, 0.15) is 24.1 Å². The molecule has 0 spiro atoms. The molecular formula is C22H22N4O2. The molecule has 0 saturated heterocycles. The second kappa shape index (κ2) is 8.56. The Labute approximate surface area is 164 Å². The predicted molar refractivity (Wildman–Crippen MR) is 107 cm³/mol. The predicted octanol–water partition coefficient (Wildman–Crippen LogP) is 2.23. The van der Waals surface area contributed by atoms with Crippen LogP contribution in [0.15, 0.2) is 24.3 Å². The maximum atomic E-state index is 12.4. The van der Waals surface area contributed by atoms with Gasteiger partial charge in [-0.25, -0.2) is 4.98 Å². The van der Waals surface area contributed by atoms with Crippen LogP contribution in [0.3, 0.4) is 0 Å². The van der Waals surface area contributed by atoms with Gasteiger partial charge in [0, 0.05) is 42.6 Å². The molecule has 6 heteroatoms. The zero-order valence-corrected chi connectivity index (χ0v) is 15.8. The normalized spacial score (nSPS) is 12.5. The second-order valence-electron chi connectivity index (χ2n) is 6.64. The summed E-state index contributed by atoms with van der Waals surface area (Å²) >= 11 is 0. The lowest BCUT2D eigenvalue weighted by molar-refractivity contribution is -0.132. The first-order chi connectivity index (χ1) is 13.6. The Bertz CT molecular complexity index is 994. The number of aliphatic hydroxyl groups excluding tert-OH is 1. The number of nitrogen functional groups attached to an aromatic ring is 1. The number of amides is 1. The first kappa shape index (κ1) is 19.4. The number of fused-ring (bicyclic) bond motifs is 1. The Kier molecular flexibility index (Phi) is 5.93. The average Bonchev–Trinajstić information content (AvgIpc) is 2.71. The third kappa shape index (κ3) is 3.83. The molecule has 2 heterocycles. The highest BCUT2D eigenvalue weighted by atomic mass is 16.2. The summed E-state index contributed by atoms with van der Waals surface area (Å²) in [4.78, 5) is 18.7. The van der Waals surface area contributed by atoms with E-state index >= 15 is 0 Å². The molecule has 3 N–H and O–H groups in total. The molecule has 0 aliphatic carbocycles. The molecule has 0 bridgehead atoms. The summed E-state index contributed by atoms with van der Waals surface area (Å²) in [5, 5.41) is 18.5. The van der Waals surface area contributed by atoms with E-state index < -0.39 is 0 Å². The van der Waals surface area contributed by atoms with E-state index in [0.29, 0.717) is 31.5 Å². The van der Waals surface area contributed by atoms with E-state index in [4.69, 9.17) is 10.8 Å². The molecule has 0 atom stereocenters. The quantitative estimate of drug-likeness (QED) is 0.802. The number of nitriles is 1. The molecule has 0 fully saturated rings. The van der Waals surface area contributed by atoms with Crippen molar-refractivity contribution >= 4 is 11.7 Å². The lowest BCUT2D eigenvalue weighted by Gasteiger charge is -2.30. The van der Waals surface area contributed by atoms with Crippen LogP contribution in [0.5, 0.6) is 0 Å². The van der Waals surface area contributed by atoms with E-state index in [-0.39, 0.29) is 18.3 Å². The minimum atomic E-state index is -0.198. The summed E-state index contributed by atoms with van der Waals surface area (Å²) in [5.41, 5.74) is 10.5. The Hall–Kier alpha value is -3.35. The van der Waals surface area contributed by atoms with Crippen LogP contribution in [0.2, 0.25) is 0 Å². The second-order valence-corrected chi connectivity index (χ2v) is 6.64. The van der Waals surface area contributed by atoms with Crippen LogP contribution in [-0.2, 0) is 17.8 Å². The zero-order chi connectivity index (χ0) is 20.1. The van der Waals surface area contributed by atoms with Gasteiger partial charge in [-0.05, 0) is 24.1 Å². The Morgan fingerprint density at radius 1 is 1.36 bits per heavy atom. The van der Waals surface area contributed by atoms with Crippen molar-refractivity contribution in [3.63, 3.8) is 0 Å². The lowest BCUT2D eigenvalue weighted by Crippen LogP contribution is -2.36. The van der Waals surface area contributed by atoms with Crippen LogP contribution in [0.25, 0.3) is 11.1 Å². The van der Waals surface area contributed by atoms with Crippen LogP contribution in [-0.4, -0.2) is 34.0 Å². The van der Waals surface area contributed by atoms with Gasteiger partial charge in [-0.2, -0.15) is 5.26 Å². The third-order valence-electron chi connectivity index (χ3n) is 4.79. The molecule has 0 radical (unpaired) electrons. The van der Waals surface area contributed by atoms with Crippen molar-refractivity contribution in [3.05, 3.63) is 46.6 Å². The molecule has 1 aromatic carbocycles. The summed E-state index contributed by atoms with van der Waals surface area (Å²) in [6.07, 6.45) is 1.93. The number of benzene rings is 1. The number of hydrogen-bond acceptors (Lipinski definition) is 5. The van der Waals surface area contributed by atoms with Crippen molar-refractivity contribution < 1.29 is 9.90 Å². The number of pyridine rings is 1. The molecule has 1 amide bonds.